The Bertz CT molecular complexity index is 740. The Hall–Kier alpha value is -2.22. The highest BCUT2D eigenvalue weighted by Gasteiger charge is 2.24. The third-order valence-corrected chi connectivity index (χ3v) is 3.80. The predicted molar refractivity (Wildman–Crippen MR) is 68.0 cm³/mol. The molecule has 0 fully saturated rings. The Balaban J connectivity index is 2.46. The van der Waals surface area contributed by atoms with Gasteiger partial charge in [0.1, 0.15) is 17.5 Å². The van der Waals surface area contributed by atoms with Gasteiger partial charge >= 0.3 is 0 Å². The number of nitrogens with two attached hydrogens (primary N) is 1. The maximum Gasteiger partial charge on any atom is 0.267 e. The number of rotatable bonds is 3. The van der Waals surface area contributed by atoms with Crippen molar-refractivity contribution in [1.82, 2.24) is 0 Å². The van der Waals surface area contributed by atoms with Crippen LogP contribution in [-0.4, -0.2) is 8.42 Å². The number of halogens is 3. The van der Waals surface area contributed by atoms with Crippen LogP contribution in [0.1, 0.15) is 0 Å². The standard InChI is InChI=1S/C12H9F3N2O2S/c13-7-2-1-3-9(4-7)17-20(18,19)12-10(14)5-8(16)6-11(12)15/h1-6,17H,16H2. The molecule has 0 aliphatic heterocycles. The van der Waals surface area contributed by atoms with Crippen LogP contribution in [0.4, 0.5) is 24.5 Å². The topological polar surface area (TPSA) is 72.2 Å². The number of benzene rings is 2. The van der Waals surface area contributed by atoms with E-state index in [4.69, 9.17) is 5.73 Å². The lowest BCUT2D eigenvalue weighted by Crippen LogP contribution is -2.16. The molecule has 20 heavy (non-hydrogen) atoms. The van der Waals surface area contributed by atoms with E-state index in [9.17, 15) is 21.6 Å². The van der Waals surface area contributed by atoms with Crippen LogP contribution in [0.25, 0.3) is 0 Å². The molecule has 0 amide bonds. The molecule has 0 saturated carbocycles. The SMILES string of the molecule is Nc1cc(F)c(S(=O)(=O)Nc2cccc(F)c2)c(F)c1. The van der Waals surface area contributed by atoms with E-state index in [1.54, 1.807) is 0 Å². The van der Waals surface area contributed by atoms with Crippen molar-refractivity contribution in [3.8, 4) is 0 Å². The van der Waals surface area contributed by atoms with Gasteiger partial charge in [0.25, 0.3) is 10.0 Å². The van der Waals surface area contributed by atoms with Gasteiger partial charge in [-0.1, -0.05) is 6.07 Å². The van der Waals surface area contributed by atoms with Gasteiger partial charge in [0.05, 0.1) is 5.69 Å². The fraction of sp³-hybridized carbons (Fsp3) is 0. The third kappa shape index (κ3) is 2.85. The van der Waals surface area contributed by atoms with Crippen LogP contribution in [0, 0.1) is 17.5 Å². The number of nitrogen functional groups attached to an aromatic ring is 1. The van der Waals surface area contributed by atoms with Gasteiger partial charge < -0.3 is 5.73 Å². The number of sulfonamides is 1. The second-order valence-corrected chi connectivity index (χ2v) is 5.55. The Morgan fingerprint density at radius 3 is 2.15 bits per heavy atom. The summed E-state index contributed by atoms with van der Waals surface area (Å²) in [6.07, 6.45) is 0. The summed E-state index contributed by atoms with van der Waals surface area (Å²) >= 11 is 0. The van der Waals surface area contributed by atoms with Gasteiger partial charge in [-0.3, -0.25) is 4.72 Å². The lowest BCUT2D eigenvalue weighted by molar-refractivity contribution is 0.522. The van der Waals surface area contributed by atoms with Crippen LogP contribution >= 0.6 is 0 Å². The van der Waals surface area contributed by atoms with Crippen molar-refractivity contribution in [3.63, 3.8) is 0 Å². The molecular weight excluding hydrogens is 293 g/mol. The molecule has 0 aromatic heterocycles. The minimum absolute atomic E-state index is 0.152. The summed E-state index contributed by atoms with van der Waals surface area (Å²) < 4.78 is 65.8. The van der Waals surface area contributed by atoms with Gasteiger partial charge in [-0.05, 0) is 30.3 Å². The monoisotopic (exact) mass is 302 g/mol. The Kier molecular flexibility index (Phi) is 3.58. The summed E-state index contributed by atoms with van der Waals surface area (Å²) in [7, 11) is -4.53. The molecule has 0 spiro atoms. The number of nitrogens with one attached hydrogen (secondary N) is 1. The lowest BCUT2D eigenvalue weighted by Gasteiger charge is -2.10. The van der Waals surface area contributed by atoms with E-state index in [1.807, 2.05) is 4.72 Å². The van der Waals surface area contributed by atoms with E-state index < -0.39 is 32.4 Å². The molecule has 0 heterocycles. The fourth-order valence-electron chi connectivity index (χ4n) is 1.59. The summed E-state index contributed by atoms with van der Waals surface area (Å²) in [5.41, 5.74) is 4.80. The van der Waals surface area contributed by atoms with Gasteiger partial charge in [-0.2, -0.15) is 0 Å². The molecule has 2 aromatic rings. The first-order valence-corrected chi connectivity index (χ1v) is 6.81. The van der Waals surface area contributed by atoms with Crippen molar-refractivity contribution in [3.05, 3.63) is 53.8 Å². The molecular formula is C12H9F3N2O2S. The number of hydrogen-bond donors (Lipinski definition) is 2. The van der Waals surface area contributed by atoms with Gasteiger partial charge in [-0.15, -0.1) is 0 Å². The molecule has 3 N–H and O–H groups in total. The summed E-state index contributed by atoms with van der Waals surface area (Å²) in [5, 5.41) is 0. The van der Waals surface area contributed by atoms with Crippen LogP contribution in [0.5, 0.6) is 0 Å². The van der Waals surface area contributed by atoms with Crippen molar-refractivity contribution in [1.29, 1.82) is 0 Å². The highest BCUT2D eigenvalue weighted by atomic mass is 32.2. The normalized spacial score (nSPS) is 11.3. The van der Waals surface area contributed by atoms with Gasteiger partial charge in [0, 0.05) is 5.69 Å². The zero-order valence-corrected chi connectivity index (χ0v) is 10.7. The minimum Gasteiger partial charge on any atom is -0.399 e. The summed E-state index contributed by atoms with van der Waals surface area (Å²) in [4.78, 5) is -1.17. The Morgan fingerprint density at radius 1 is 1.00 bits per heavy atom. The molecule has 0 bridgehead atoms. The quantitative estimate of drug-likeness (QED) is 0.856. The zero-order chi connectivity index (χ0) is 14.9. The second kappa shape index (κ2) is 5.04. The molecule has 0 atom stereocenters. The van der Waals surface area contributed by atoms with Crippen molar-refractivity contribution >= 4 is 21.4 Å². The fourth-order valence-corrected chi connectivity index (χ4v) is 2.76. The highest BCUT2D eigenvalue weighted by molar-refractivity contribution is 7.92. The average molecular weight is 302 g/mol. The largest absolute Gasteiger partial charge is 0.399 e. The smallest absolute Gasteiger partial charge is 0.267 e. The Morgan fingerprint density at radius 2 is 1.60 bits per heavy atom. The van der Waals surface area contributed by atoms with E-state index in [0.717, 1.165) is 12.1 Å². The van der Waals surface area contributed by atoms with Crippen molar-refractivity contribution in [2.45, 2.75) is 4.90 Å². The summed E-state index contributed by atoms with van der Waals surface area (Å²) in [5.74, 6) is -3.35. The maximum absolute atomic E-state index is 13.6. The molecule has 4 nitrogen and oxygen atoms in total. The van der Waals surface area contributed by atoms with Crippen molar-refractivity contribution in [2.24, 2.45) is 0 Å². The van der Waals surface area contributed by atoms with Crippen molar-refractivity contribution in [2.75, 3.05) is 10.5 Å². The molecule has 0 aliphatic rings. The maximum atomic E-state index is 13.6. The van der Waals surface area contributed by atoms with E-state index in [1.165, 1.54) is 12.1 Å². The molecule has 0 unspecified atom stereocenters. The Labute approximate surface area is 113 Å². The van der Waals surface area contributed by atoms with Gasteiger partial charge in [0.2, 0.25) is 0 Å². The van der Waals surface area contributed by atoms with E-state index in [2.05, 4.69) is 0 Å². The predicted octanol–water partition coefficient (Wildman–Crippen LogP) is 2.49. The minimum atomic E-state index is -4.53. The second-order valence-electron chi connectivity index (χ2n) is 3.93. The average Bonchev–Trinajstić information content (AvgIpc) is 2.25. The molecule has 2 rings (SSSR count). The first-order valence-electron chi connectivity index (χ1n) is 5.32. The molecule has 8 heteroatoms. The molecule has 106 valence electrons. The van der Waals surface area contributed by atoms with Crippen molar-refractivity contribution < 1.29 is 21.6 Å². The first kappa shape index (κ1) is 14.2. The van der Waals surface area contributed by atoms with E-state index >= 15 is 0 Å². The van der Waals surface area contributed by atoms with Crippen LogP contribution < -0.4 is 10.5 Å². The van der Waals surface area contributed by atoms with Crippen LogP contribution in [0.3, 0.4) is 0 Å². The van der Waals surface area contributed by atoms with Gasteiger partial charge in [0.15, 0.2) is 4.90 Å². The van der Waals surface area contributed by atoms with E-state index in [-0.39, 0.29) is 11.4 Å². The third-order valence-electron chi connectivity index (χ3n) is 2.37. The zero-order valence-electron chi connectivity index (χ0n) is 9.90. The number of anilines is 2. The van der Waals surface area contributed by atoms with Gasteiger partial charge in [-0.25, -0.2) is 21.6 Å². The summed E-state index contributed by atoms with van der Waals surface area (Å²) in [6, 6.07) is 5.84. The molecule has 0 saturated heterocycles. The highest BCUT2D eigenvalue weighted by Crippen LogP contribution is 2.24. The van der Waals surface area contributed by atoms with Crippen LogP contribution in [0.2, 0.25) is 0 Å². The first-order chi connectivity index (χ1) is 9.29. The molecule has 0 aliphatic carbocycles. The van der Waals surface area contributed by atoms with Crippen LogP contribution in [-0.2, 0) is 10.0 Å². The molecule has 2 aromatic carbocycles. The number of hydrogen-bond acceptors (Lipinski definition) is 3. The summed E-state index contributed by atoms with van der Waals surface area (Å²) in [6.45, 7) is 0. The lowest BCUT2D eigenvalue weighted by atomic mass is 10.3. The van der Waals surface area contributed by atoms with E-state index in [0.29, 0.717) is 12.1 Å². The van der Waals surface area contributed by atoms with Crippen LogP contribution in [0.15, 0.2) is 41.3 Å². The molecule has 0 radical (unpaired) electrons.